The Labute approximate surface area is 164 Å². The van der Waals surface area contributed by atoms with Gasteiger partial charge in [-0.2, -0.15) is 0 Å². The molecule has 1 N–H and O–H groups in total. The SMILES string of the molecule is CCN(CC)C(=O)CN1CCCN(C(=O)CNCC2CC2)CC1.Cl.Cl. The molecule has 0 unspecified atom stereocenters. The molecule has 0 bridgehead atoms. The van der Waals surface area contributed by atoms with E-state index in [-0.39, 0.29) is 36.6 Å². The molecule has 8 heteroatoms. The van der Waals surface area contributed by atoms with E-state index < -0.39 is 0 Å². The molecule has 2 aliphatic rings. The minimum atomic E-state index is 0. The molecule has 0 radical (unpaired) electrons. The number of halogens is 2. The van der Waals surface area contributed by atoms with E-state index in [0.29, 0.717) is 13.1 Å². The molecule has 148 valence electrons. The van der Waals surface area contributed by atoms with Crippen LogP contribution in [-0.4, -0.2) is 85.4 Å². The molecule has 6 nitrogen and oxygen atoms in total. The van der Waals surface area contributed by atoms with Crippen molar-refractivity contribution < 1.29 is 9.59 Å². The molecule has 2 fully saturated rings. The number of rotatable bonds is 8. The molecule has 0 spiro atoms. The standard InChI is InChI=1S/C17H32N4O2.2ClH/c1-3-20(4-2)17(23)14-19-8-5-9-21(11-10-19)16(22)13-18-12-15-6-7-15;;/h15,18H,3-14H2,1-2H3;2*1H. The second-order valence-electron chi connectivity index (χ2n) is 6.65. The van der Waals surface area contributed by atoms with Crippen LogP contribution in [0.1, 0.15) is 33.1 Å². The van der Waals surface area contributed by atoms with Crippen LogP contribution >= 0.6 is 24.8 Å². The first-order valence-corrected chi connectivity index (χ1v) is 9.12. The average Bonchev–Trinajstić information content (AvgIpc) is 3.36. The van der Waals surface area contributed by atoms with Crippen LogP contribution in [0.15, 0.2) is 0 Å². The maximum atomic E-state index is 12.3. The van der Waals surface area contributed by atoms with E-state index in [2.05, 4.69) is 10.2 Å². The Morgan fingerprint density at radius 2 is 1.72 bits per heavy atom. The summed E-state index contributed by atoms with van der Waals surface area (Å²) in [7, 11) is 0. The van der Waals surface area contributed by atoms with Crippen molar-refractivity contribution in [3.05, 3.63) is 0 Å². The van der Waals surface area contributed by atoms with Gasteiger partial charge in [0, 0.05) is 39.3 Å². The summed E-state index contributed by atoms with van der Waals surface area (Å²) in [5, 5.41) is 3.27. The number of hydrogen-bond acceptors (Lipinski definition) is 4. The molecule has 2 rings (SSSR count). The van der Waals surface area contributed by atoms with Gasteiger partial charge in [0.1, 0.15) is 0 Å². The van der Waals surface area contributed by atoms with Gasteiger partial charge in [-0.3, -0.25) is 14.5 Å². The summed E-state index contributed by atoms with van der Waals surface area (Å²) >= 11 is 0. The normalized spacial score (nSPS) is 17.9. The summed E-state index contributed by atoms with van der Waals surface area (Å²) in [6.45, 7) is 10.7. The third-order valence-corrected chi connectivity index (χ3v) is 4.82. The van der Waals surface area contributed by atoms with Crippen LogP contribution in [0.4, 0.5) is 0 Å². The van der Waals surface area contributed by atoms with E-state index >= 15 is 0 Å². The van der Waals surface area contributed by atoms with E-state index in [0.717, 1.165) is 58.2 Å². The van der Waals surface area contributed by atoms with E-state index in [1.807, 2.05) is 23.6 Å². The van der Waals surface area contributed by atoms with Crippen molar-refractivity contribution in [3.8, 4) is 0 Å². The second kappa shape index (κ2) is 12.7. The quantitative estimate of drug-likeness (QED) is 0.670. The van der Waals surface area contributed by atoms with E-state index in [1.54, 1.807) is 0 Å². The Morgan fingerprint density at radius 3 is 2.32 bits per heavy atom. The summed E-state index contributed by atoms with van der Waals surface area (Å²) < 4.78 is 0. The van der Waals surface area contributed by atoms with Gasteiger partial charge < -0.3 is 15.1 Å². The lowest BCUT2D eigenvalue weighted by Gasteiger charge is -2.25. The summed E-state index contributed by atoms with van der Waals surface area (Å²) in [5.41, 5.74) is 0. The highest BCUT2D eigenvalue weighted by Gasteiger charge is 2.23. The summed E-state index contributed by atoms with van der Waals surface area (Å²) in [5.74, 6) is 1.19. The van der Waals surface area contributed by atoms with E-state index in [9.17, 15) is 9.59 Å². The zero-order valence-corrected chi connectivity index (χ0v) is 17.2. The highest BCUT2D eigenvalue weighted by molar-refractivity contribution is 5.85. The molecule has 0 aromatic rings. The second-order valence-corrected chi connectivity index (χ2v) is 6.65. The molecular formula is C17H34Cl2N4O2. The molecule has 1 aliphatic carbocycles. The molecule has 25 heavy (non-hydrogen) atoms. The Kier molecular flexibility index (Phi) is 12.5. The van der Waals surface area contributed by atoms with Gasteiger partial charge in [-0.05, 0) is 45.6 Å². The Balaban J connectivity index is 0.00000288. The molecule has 1 heterocycles. The Morgan fingerprint density at radius 1 is 1.04 bits per heavy atom. The third kappa shape index (κ3) is 8.58. The maximum absolute atomic E-state index is 12.3. The van der Waals surface area contributed by atoms with Gasteiger partial charge in [0.05, 0.1) is 13.1 Å². The lowest BCUT2D eigenvalue weighted by Crippen LogP contribution is -2.43. The fourth-order valence-electron chi connectivity index (χ4n) is 3.06. The topological polar surface area (TPSA) is 55.9 Å². The van der Waals surface area contributed by atoms with Crippen molar-refractivity contribution >= 4 is 36.6 Å². The first kappa shape index (κ1) is 24.4. The largest absolute Gasteiger partial charge is 0.342 e. The van der Waals surface area contributed by atoms with Crippen LogP contribution in [0.5, 0.6) is 0 Å². The highest BCUT2D eigenvalue weighted by Crippen LogP contribution is 2.27. The molecule has 1 aliphatic heterocycles. The van der Waals surface area contributed by atoms with Crippen molar-refractivity contribution in [2.75, 3.05) is 58.9 Å². The van der Waals surface area contributed by atoms with Gasteiger partial charge in [-0.1, -0.05) is 0 Å². The monoisotopic (exact) mass is 396 g/mol. The van der Waals surface area contributed by atoms with Crippen LogP contribution in [0.3, 0.4) is 0 Å². The predicted molar refractivity (Wildman–Crippen MR) is 106 cm³/mol. The van der Waals surface area contributed by atoms with Crippen molar-refractivity contribution in [1.82, 2.24) is 20.0 Å². The lowest BCUT2D eigenvalue weighted by molar-refractivity contribution is -0.132. The maximum Gasteiger partial charge on any atom is 0.236 e. The van der Waals surface area contributed by atoms with Crippen LogP contribution in [0.25, 0.3) is 0 Å². The number of carbonyl (C=O) groups excluding carboxylic acids is 2. The van der Waals surface area contributed by atoms with Crippen molar-refractivity contribution in [2.45, 2.75) is 33.1 Å². The fourth-order valence-corrected chi connectivity index (χ4v) is 3.06. The van der Waals surface area contributed by atoms with E-state index in [1.165, 1.54) is 12.8 Å². The number of nitrogens with zero attached hydrogens (tertiary/aromatic N) is 3. The van der Waals surface area contributed by atoms with E-state index in [4.69, 9.17) is 0 Å². The van der Waals surface area contributed by atoms with Gasteiger partial charge in [-0.15, -0.1) is 24.8 Å². The van der Waals surface area contributed by atoms with Gasteiger partial charge >= 0.3 is 0 Å². The van der Waals surface area contributed by atoms with Gasteiger partial charge in [0.2, 0.25) is 11.8 Å². The third-order valence-electron chi connectivity index (χ3n) is 4.82. The zero-order valence-electron chi connectivity index (χ0n) is 15.5. The number of amides is 2. The first-order chi connectivity index (χ1) is 11.1. The van der Waals surface area contributed by atoms with Crippen molar-refractivity contribution in [3.63, 3.8) is 0 Å². The molecule has 2 amide bonds. The van der Waals surface area contributed by atoms with Crippen LogP contribution in [-0.2, 0) is 9.59 Å². The molecule has 0 aromatic heterocycles. The number of carbonyl (C=O) groups is 2. The number of hydrogen-bond donors (Lipinski definition) is 1. The average molecular weight is 397 g/mol. The summed E-state index contributed by atoms with van der Waals surface area (Å²) in [4.78, 5) is 30.5. The smallest absolute Gasteiger partial charge is 0.236 e. The van der Waals surface area contributed by atoms with Crippen molar-refractivity contribution in [2.24, 2.45) is 5.92 Å². The predicted octanol–water partition coefficient (Wildman–Crippen LogP) is 1.23. The molecule has 0 aromatic carbocycles. The molecule has 1 saturated carbocycles. The highest BCUT2D eigenvalue weighted by atomic mass is 35.5. The number of nitrogens with one attached hydrogen (secondary N) is 1. The Bertz CT molecular complexity index is 404. The molecule has 1 saturated heterocycles. The van der Waals surface area contributed by atoms with Crippen LogP contribution < -0.4 is 5.32 Å². The van der Waals surface area contributed by atoms with Gasteiger partial charge in [-0.25, -0.2) is 0 Å². The fraction of sp³-hybridized carbons (Fsp3) is 0.882. The minimum Gasteiger partial charge on any atom is -0.342 e. The summed E-state index contributed by atoms with van der Waals surface area (Å²) in [6, 6.07) is 0. The Hall–Kier alpha value is -0.560. The minimum absolute atomic E-state index is 0. The molecular weight excluding hydrogens is 363 g/mol. The lowest BCUT2D eigenvalue weighted by atomic mass is 10.3. The first-order valence-electron chi connectivity index (χ1n) is 9.12. The number of likely N-dealkylation sites (N-methyl/N-ethyl adjacent to an activating group) is 1. The zero-order chi connectivity index (χ0) is 16.7. The van der Waals surface area contributed by atoms with Gasteiger partial charge in [0.25, 0.3) is 0 Å². The van der Waals surface area contributed by atoms with Crippen molar-refractivity contribution in [1.29, 1.82) is 0 Å². The van der Waals surface area contributed by atoms with Gasteiger partial charge in [0.15, 0.2) is 0 Å². The van der Waals surface area contributed by atoms with Crippen LogP contribution in [0.2, 0.25) is 0 Å². The summed E-state index contributed by atoms with van der Waals surface area (Å²) in [6.07, 6.45) is 3.56. The van der Waals surface area contributed by atoms with Crippen LogP contribution in [0, 0.1) is 5.92 Å². The molecule has 0 atom stereocenters.